The van der Waals surface area contributed by atoms with Gasteiger partial charge in [-0.15, -0.1) is 0 Å². The van der Waals surface area contributed by atoms with Gasteiger partial charge in [-0.3, -0.25) is 0 Å². The molecule has 2 heteroatoms. The Morgan fingerprint density at radius 1 is 1.45 bits per heavy atom. The minimum Gasteiger partial charge on any atom is -0.374 e. The summed E-state index contributed by atoms with van der Waals surface area (Å²) in [7, 11) is 7.77. The van der Waals surface area contributed by atoms with Gasteiger partial charge in [-0.25, -0.2) is 0 Å². The van der Waals surface area contributed by atoms with E-state index in [0.717, 1.165) is 18.4 Å². The van der Waals surface area contributed by atoms with Gasteiger partial charge in [0.05, 0.1) is 0 Å². The van der Waals surface area contributed by atoms with Gasteiger partial charge in [0.1, 0.15) is 7.85 Å². The van der Waals surface area contributed by atoms with Gasteiger partial charge in [0.25, 0.3) is 0 Å². The number of rotatable bonds is 0. The van der Waals surface area contributed by atoms with Gasteiger partial charge in [0.2, 0.25) is 0 Å². The zero-order chi connectivity index (χ0) is 7.84. The van der Waals surface area contributed by atoms with Gasteiger partial charge in [-0.2, -0.15) is 0 Å². The van der Waals surface area contributed by atoms with E-state index in [1.54, 1.807) is 0 Å². The topological polar surface area (TPSA) is 3.24 Å². The van der Waals surface area contributed by atoms with Crippen LogP contribution in [0.3, 0.4) is 0 Å². The van der Waals surface area contributed by atoms with Crippen LogP contribution in [-0.2, 0) is 6.42 Å². The molecule has 0 bridgehead atoms. The van der Waals surface area contributed by atoms with E-state index >= 15 is 0 Å². The fraction of sp³-hybridized carbons (Fsp3) is 0.333. The van der Waals surface area contributed by atoms with Crippen molar-refractivity contribution in [1.82, 2.24) is 0 Å². The Bertz CT molecular complexity index is 283. The molecule has 2 radical (unpaired) electrons. The van der Waals surface area contributed by atoms with Crippen LogP contribution >= 0.6 is 0 Å². The smallest absolute Gasteiger partial charge is 0.113 e. The van der Waals surface area contributed by atoms with Crippen LogP contribution in [-0.4, -0.2) is 21.4 Å². The van der Waals surface area contributed by atoms with Gasteiger partial charge in [0, 0.05) is 19.3 Å². The lowest BCUT2D eigenvalue weighted by molar-refractivity contribution is 0.956. The molecule has 0 aromatic heterocycles. The summed E-state index contributed by atoms with van der Waals surface area (Å²) in [5, 5.41) is 0. The molecule has 1 heterocycles. The maximum absolute atomic E-state index is 5.66. The first kappa shape index (κ1) is 6.77. The lowest BCUT2D eigenvalue weighted by Crippen LogP contribution is -2.12. The summed E-state index contributed by atoms with van der Waals surface area (Å²) in [6.45, 7) is 1.12. The number of hydrogen-bond acceptors (Lipinski definition) is 1. The average Bonchev–Trinajstić information content (AvgIpc) is 2.32. The van der Waals surface area contributed by atoms with Crippen LogP contribution in [0.4, 0.5) is 5.69 Å². The molecule has 1 aromatic carbocycles. The summed E-state index contributed by atoms with van der Waals surface area (Å²) in [6, 6.07) is 6.12. The Kier molecular flexibility index (Phi) is 1.41. The molecule has 0 fully saturated rings. The highest BCUT2D eigenvalue weighted by molar-refractivity contribution is 6.32. The molecule has 0 atom stereocenters. The Morgan fingerprint density at radius 3 is 3.09 bits per heavy atom. The lowest BCUT2D eigenvalue weighted by Gasteiger charge is -2.11. The first-order valence-corrected chi connectivity index (χ1v) is 3.87. The minimum atomic E-state index is 0.874. The number of anilines is 1. The van der Waals surface area contributed by atoms with Crippen molar-refractivity contribution in [3.8, 4) is 0 Å². The summed E-state index contributed by atoms with van der Waals surface area (Å²) < 4.78 is 0. The van der Waals surface area contributed by atoms with E-state index in [1.165, 1.54) is 11.3 Å². The molecular formula is C9H10BN. The Labute approximate surface area is 68.4 Å². The summed E-state index contributed by atoms with van der Waals surface area (Å²) in [4.78, 5) is 2.26. The van der Waals surface area contributed by atoms with Gasteiger partial charge < -0.3 is 4.90 Å². The molecule has 0 aliphatic carbocycles. The van der Waals surface area contributed by atoms with Gasteiger partial charge >= 0.3 is 0 Å². The number of nitrogens with zero attached hydrogens (tertiary/aromatic N) is 1. The van der Waals surface area contributed by atoms with Crippen molar-refractivity contribution in [2.45, 2.75) is 6.42 Å². The van der Waals surface area contributed by atoms with Crippen molar-refractivity contribution in [2.24, 2.45) is 0 Å². The van der Waals surface area contributed by atoms with E-state index < -0.39 is 0 Å². The molecule has 0 saturated carbocycles. The maximum atomic E-state index is 5.66. The molecule has 0 spiro atoms. The van der Waals surface area contributed by atoms with E-state index in [4.69, 9.17) is 7.85 Å². The molecule has 0 N–H and O–H groups in total. The number of benzene rings is 1. The predicted octanol–water partition coefficient (Wildman–Crippen LogP) is 0.473. The predicted molar refractivity (Wildman–Crippen MR) is 48.8 cm³/mol. The van der Waals surface area contributed by atoms with E-state index in [1.807, 2.05) is 6.07 Å². The highest BCUT2D eigenvalue weighted by Gasteiger charge is 2.13. The van der Waals surface area contributed by atoms with E-state index in [9.17, 15) is 0 Å². The van der Waals surface area contributed by atoms with E-state index in [2.05, 4.69) is 24.1 Å². The summed E-state index contributed by atoms with van der Waals surface area (Å²) in [5.41, 5.74) is 3.59. The molecule has 2 rings (SSSR count). The van der Waals surface area contributed by atoms with Gasteiger partial charge in [-0.1, -0.05) is 17.6 Å². The molecule has 1 nitrogen and oxygen atoms in total. The Balaban J connectivity index is 2.50. The normalized spacial score (nSPS) is 15.2. The average molecular weight is 143 g/mol. The van der Waals surface area contributed by atoms with Crippen LogP contribution in [0, 0.1) is 0 Å². The second kappa shape index (κ2) is 2.30. The summed E-state index contributed by atoms with van der Waals surface area (Å²) in [5.74, 6) is 0. The molecule has 54 valence electrons. The van der Waals surface area contributed by atoms with E-state index in [0.29, 0.717) is 0 Å². The maximum Gasteiger partial charge on any atom is 0.113 e. The second-order valence-electron chi connectivity index (χ2n) is 3.06. The SMILES string of the molecule is [B]c1ccc2c(c1)CCN2C. The van der Waals surface area contributed by atoms with Crippen molar-refractivity contribution in [3.05, 3.63) is 23.8 Å². The molecule has 0 amide bonds. The molecule has 0 saturated heterocycles. The third kappa shape index (κ3) is 1.03. The number of hydrogen-bond donors (Lipinski definition) is 0. The molecule has 1 aliphatic rings. The fourth-order valence-electron chi connectivity index (χ4n) is 1.59. The number of fused-ring (bicyclic) bond motifs is 1. The number of likely N-dealkylation sites (N-methyl/N-ethyl adjacent to an activating group) is 1. The largest absolute Gasteiger partial charge is 0.374 e. The van der Waals surface area contributed by atoms with Crippen LogP contribution in [0.5, 0.6) is 0 Å². The van der Waals surface area contributed by atoms with E-state index in [-0.39, 0.29) is 0 Å². The second-order valence-corrected chi connectivity index (χ2v) is 3.06. The van der Waals surface area contributed by atoms with Crippen molar-refractivity contribution in [1.29, 1.82) is 0 Å². The highest BCUT2D eigenvalue weighted by atomic mass is 15.1. The first-order chi connectivity index (χ1) is 5.27. The van der Waals surface area contributed by atoms with Crippen molar-refractivity contribution >= 4 is 19.0 Å². The third-order valence-corrected chi connectivity index (χ3v) is 2.23. The van der Waals surface area contributed by atoms with Crippen LogP contribution in [0.25, 0.3) is 0 Å². The third-order valence-electron chi connectivity index (χ3n) is 2.23. The first-order valence-electron chi connectivity index (χ1n) is 3.87. The monoisotopic (exact) mass is 143 g/mol. The van der Waals surface area contributed by atoms with Gasteiger partial charge in [0.15, 0.2) is 0 Å². The van der Waals surface area contributed by atoms with Crippen molar-refractivity contribution in [3.63, 3.8) is 0 Å². The van der Waals surface area contributed by atoms with Crippen LogP contribution < -0.4 is 10.4 Å². The van der Waals surface area contributed by atoms with Crippen molar-refractivity contribution < 1.29 is 0 Å². The van der Waals surface area contributed by atoms with Gasteiger partial charge in [-0.05, 0) is 18.1 Å². The molecule has 0 unspecified atom stereocenters. The van der Waals surface area contributed by atoms with Crippen LogP contribution in [0.1, 0.15) is 5.56 Å². The molecular weight excluding hydrogens is 133 g/mol. The Hall–Kier alpha value is -0.915. The highest BCUT2D eigenvalue weighted by Crippen LogP contribution is 2.24. The lowest BCUT2D eigenvalue weighted by atomic mass is 9.94. The zero-order valence-electron chi connectivity index (χ0n) is 6.67. The van der Waals surface area contributed by atoms with Crippen molar-refractivity contribution in [2.75, 3.05) is 18.5 Å². The Morgan fingerprint density at radius 2 is 2.27 bits per heavy atom. The quantitative estimate of drug-likeness (QED) is 0.477. The minimum absolute atomic E-state index is 0.874. The summed E-state index contributed by atoms with van der Waals surface area (Å²) >= 11 is 0. The van der Waals surface area contributed by atoms with Crippen LogP contribution in [0.15, 0.2) is 18.2 Å². The van der Waals surface area contributed by atoms with Crippen LogP contribution in [0.2, 0.25) is 0 Å². The zero-order valence-corrected chi connectivity index (χ0v) is 6.67. The molecule has 11 heavy (non-hydrogen) atoms. The fourth-order valence-corrected chi connectivity index (χ4v) is 1.59. The molecule has 1 aliphatic heterocycles. The summed E-state index contributed by atoms with van der Waals surface area (Å²) in [6.07, 6.45) is 1.14. The molecule has 1 aromatic rings. The standard InChI is InChI=1S/C9H10BN/c1-11-5-4-7-6-8(10)2-3-9(7)11/h2-3,6H,4-5H2,1H3.